The molecular formula is C17H16BrN5. The molecule has 6 heteroatoms. The zero-order chi connectivity index (χ0) is 15.8. The highest BCUT2D eigenvalue weighted by atomic mass is 79.9. The predicted octanol–water partition coefficient (Wildman–Crippen LogP) is 3.89. The van der Waals surface area contributed by atoms with Gasteiger partial charge in [-0.05, 0) is 52.6 Å². The van der Waals surface area contributed by atoms with Crippen LogP contribution < -0.4 is 5.32 Å². The summed E-state index contributed by atoms with van der Waals surface area (Å²) in [5, 5.41) is 15.6. The van der Waals surface area contributed by atoms with E-state index >= 15 is 0 Å². The smallest absolute Gasteiger partial charge is 0.243 e. The first-order valence-corrected chi connectivity index (χ1v) is 8.37. The van der Waals surface area contributed by atoms with Crippen LogP contribution in [0.25, 0.3) is 0 Å². The second-order valence-corrected chi connectivity index (χ2v) is 6.72. The number of fused-ring (bicyclic) bond motifs is 1. The molecule has 3 aromatic rings. The van der Waals surface area contributed by atoms with Gasteiger partial charge < -0.3 is 5.32 Å². The van der Waals surface area contributed by atoms with E-state index in [9.17, 15) is 0 Å². The number of anilines is 1. The molecule has 2 atom stereocenters. The molecule has 2 heterocycles. The number of aryl methyl sites for hydroxylation is 1. The van der Waals surface area contributed by atoms with Crippen molar-refractivity contribution in [2.75, 3.05) is 5.32 Å². The minimum Gasteiger partial charge on any atom is -0.346 e. The van der Waals surface area contributed by atoms with Crippen molar-refractivity contribution in [2.45, 2.75) is 25.4 Å². The number of benzene rings is 2. The van der Waals surface area contributed by atoms with E-state index in [-0.39, 0.29) is 12.1 Å². The van der Waals surface area contributed by atoms with Gasteiger partial charge in [-0.3, -0.25) is 0 Å². The highest BCUT2D eigenvalue weighted by molar-refractivity contribution is 9.10. The van der Waals surface area contributed by atoms with Gasteiger partial charge in [0.1, 0.15) is 0 Å². The summed E-state index contributed by atoms with van der Waals surface area (Å²) in [7, 11) is 0. The lowest BCUT2D eigenvalue weighted by atomic mass is 9.91. The Hall–Kier alpha value is -2.21. The summed E-state index contributed by atoms with van der Waals surface area (Å²) in [6.45, 7) is 2.13. The van der Waals surface area contributed by atoms with Crippen molar-refractivity contribution in [3.8, 4) is 0 Å². The van der Waals surface area contributed by atoms with Crippen LogP contribution in [0.4, 0.5) is 5.95 Å². The first kappa shape index (κ1) is 14.4. The van der Waals surface area contributed by atoms with Crippen molar-refractivity contribution in [1.82, 2.24) is 20.2 Å². The Balaban J connectivity index is 1.75. The molecule has 0 aliphatic carbocycles. The molecular weight excluding hydrogens is 354 g/mol. The lowest BCUT2D eigenvalue weighted by Gasteiger charge is -2.31. The fourth-order valence-corrected chi connectivity index (χ4v) is 3.43. The van der Waals surface area contributed by atoms with Crippen LogP contribution in [0, 0.1) is 6.92 Å². The fourth-order valence-electron chi connectivity index (χ4n) is 3.17. The minimum absolute atomic E-state index is 0.135. The maximum Gasteiger partial charge on any atom is 0.243 e. The van der Waals surface area contributed by atoms with Gasteiger partial charge in [0.25, 0.3) is 0 Å². The lowest BCUT2D eigenvalue weighted by Crippen LogP contribution is -2.28. The van der Waals surface area contributed by atoms with Gasteiger partial charge in [-0.2, -0.15) is 0 Å². The SMILES string of the molecule is Cc1ccccc1C1CC(c2ccc(Br)cc2)Nc2nnnn21. The van der Waals surface area contributed by atoms with Crippen molar-refractivity contribution in [1.29, 1.82) is 0 Å². The second kappa shape index (κ2) is 5.77. The minimum atomic E-state index is 0.135. The van der Waals surface area contributed by atoms with E-state index in [1.165, 1.54) is 16.7 Å². The van der Waals surface area contributed by atoms with E-state index in [2.05, 4.69) is 92.2 Å². The monoisotopic (exact) mass is 369 g/mol. The Bertz CT molecular complexity index is 827. The maximum atomic E-state index is 4.18. The maximum absolute atomic E-state index is 4.18. The Morgan fingerprint density at radius 1 is 1.13 bits per heavy atom. The first-order chi connectivity index (χ1) is 11.2. The summed E-state index contributed by atoms with van der Waals surface area (Å²) in [6, 6.07) is 17.2. The Labute approximate surface area is 142 Å². The van der Waals surface area contributed by atoms with E-state index in [1.54, 1.807) is 0 Å². The number of hydrogen-bond acceptors (Lipinski definition) is 4. The summed E-state index contributed by atoms with van der Waals surface area (Å²) in [6.07, 6.45) is 0.907. The van der Waals surface area contributed by atoms with Crippen molar-refractivity contribution in [3.05, 3.63) is 69.7 Å². The molecule has 1 N–H and O–H groups in total. The van der Waals surface area contributed by atoms with Crippen LogP contribution in [-0.2, 0) is 0 Å². The third kappa shape index (κ3) is 2.63. The van der Waals surface area contributed by atoms with E-state index in [0.717, 1.165) is 16.8 Å². The molecule has 0 amide bonds. The largest absolute Gasteiger partial charge is 0.346 e. The molecule has 116 valence electrons. The summed E-state index contributed by atoms with van der Waals surface area (Å²) in [5.41, 5.74) is 3.76. The molecule has 2 unspecified atom stereocenters. The average Bonchev–Trinajstić information content (AvgIpc) is 3.04. The highest BCUT2D eigenvalue weighted by Crippen LogP contribution is 2.38. The lowest BCUT2D eigenvalue weighted by molar-refractivity contribution is 0.422. The number of tetrazole rings is 1. The van der Waals surface area contributed by atoms with Crippen LogP contribution in [0.1, 0.15) is 35.2 Å². The van der Waals surface area contributed by atoms with E-state index in [4.69, 9.17) is 0 Å². The van der Waals surface area contributed by atoms with E-state index < -0.39 is 0 Å². The Kier molecular flexibility index (Phi) is 3.61. The Morgan fingerprint density at radius 3 is 2.70 bits per heavy atom. The number of aromatic nitrogens is 4. The molecule has 2 aromatic carbocycles. The van der Waals surface area contributed by atoms with Crippen LogP contribution in [0.2, 0.25) is 0 Å². The molecule has 0 saturated carbocycles. The summed E-state index contributed by atoms with van der Waals surface area (Å²) in [4.78, 5) is 0. The normalized spacial score (nSPS) is 19.9. The average molecular weight is 370 g/mol. The van der Waals surface area contributed by atoms with Gasteiger partial charge in [-0.1, -0.05) is 57.4 Å². The molecule has 1 aromatic heterocycles. The third-order valence-corrected chi connectivity index (χ3v) is 4.90. The Morgan fingerprint density at radius 2 is 1.91 bits per heavy atom. The highest BCUT2D eigenvalue weighted by Gasteiger charge is 2.31. The molecule has 4 rings (SSSR count). The first-order valence-electron chi connectivity index (χ1n) is 7.58. The van der Waals surface area contributed by atoms with Crippen LogP contribution in [0.15, 0.2) is 53.0 Å². The quantitative estimate of drug-likeness (QED) is 0.744. The molecule has 0 spiro atoms. The van der Waals surface area contributed by atoms with Crippen molar-refractivity contribution >= 4 is 21.9 Å². The molecule has 0 radical (unpaired) electrons. The van der Waals surface area contributed by atoms with Gasteiger partial charge in [-0.25, -0.2) is 4.68 Å². The van der Waals surface area contributed by atoms with Crippen molar-refractivity contribution < 1.29 is 0 Å². The van der Waals surface area contributed by atoms with Gasteiger partial charge in [0.2, 0.25) is 5.95 Å². The number of rotatable bonds is 2. The molecule has 0 fully saturated rings. The number of nitrogens with one attached hydrogen (secondary N) is 1. The molecule has 0 bridgehead atoms. The topological polar surface area (TPSA) is 55.6 Å². The van der Waals surface area contributed by atoms with E-state index in [0.29, 0.717) is 0 Å². The molecule has 5 nitrogen and oxygen atoms in total. The standard InChI is InChI=1S/C17H16BrN5/c1-11-4-2-3-5-14(11)16-10-15(12-6-8-13(18)9-7-12)19-17-20-21-22-23(16)17/h2-9,15-16H,10H2,1H3,(H,19,20,22). The second-order valence-electron chi connectivity index (χ2n) is 5.80. The van der Waals surface area contributed by atoms with Gasteiger partial charge in [0.05, 0.1) is 12.1 Å². The number of hydrogen-bond donors (Lipinski definition) is 1. The molecule has 0 saturated heterocycles. The summed E-state index contributed by atoms with van der Waals surface area (Å²) >= 11 is 3.49. The van der Waals surface area contributed by atoms with Crippen LogP contribution in [-0.4, -0.2) is 20.2 Å². The number of halogens is 1. The zero-order valence-corrected chi connectivity index (χ0v) is 14.2. The number of nitrogens with zero attached hydrogens (tertiary/aromatic N) is 4. The zero-order valence-electron chi connectivity index (χ0n) is 12.6. The van der Waals surface area contributed by atoms with Gasteiger partial charge in [0.15, 0.2) is 0 Å². The van der Waals surface area contributed by atoms with E-state index in [1.807, 2.05) is 4.68 Å². The van der Waals surface area contributed by atoms with Gasteiger partial charge >= 0.3 is 0 Å². The van der Waals surface area contributed by atoms with Crippen molar-refractivity contribution in [2.24, 2.45) is 0 Å². The predicted molar refractivity (Wildman–Crippen MR) is 92.3 cm³/mol. The molecule has 1 aliphatic rings. The van der Waals surface area contributed by atoms with Crippen LogP contribution in [0.3, 0.4) is 0 Å². The molecule has 1 aliphatic heterocycles. The van der Waals surface area contributed by atoms with Crippen molar-refractivity contribution in [3.63, 3.8) is 0 Å². The van der Waals surface area contributed by atoms with Crippen LogP contribution in [0.5, 0.6) is 0 Å². The molecule has 23 heavy (non-hydrogen) atoms. The van der Waals surface area contributed by atoms with Gasteiger partial charge in [-0.15, -0.1) is 0 Å². The summed E-state index contributed by atoms with van der Waals surface area (Å²) in [5.74, 6) is 0.720. The van der Waals surface area contributed by atoms with Crippen LogP contribution >= 0.6 is 15.9 Å². The third-order valence-electron chi connectivity index (χ3n) is 4.37. The summed E-state index contributed by atoms with van der Waals surface area (Å²) < 4.78 is 2.97. The fraction of sp³-hybridized carbons (Fsp3) is 0.235. The van der Waals surface area contributed by atoms with Gasteiger partial charge in [0, 0.05) is 4.47 Å².